The number of rotatable bonds is 3. The van der Waals surface area contributed by atoms with Crippen LogP contribution in [-0.2, 0) is 6.54 Å². The lowest BCUT2D eigenvalue weighted by Crippen LogP contribution is -2.47. The second-order valence-electron chi connectivity index (χ2n) is 5.82. The molecule has 2 unspecified atom stereocenters. The molecule has 2 heterocycles. The highest BCUT2D eigenvalue weighted by atomic mass is 35.5. The van der Waals surface area contributed by atoms with Crippen LogP contribution < -0.4 is 5.73 Å². The van der Waals surface area contributed by atoms with E-state index in [1.165, 1.54) is 0 Å². The third-order valence-electron chi connectivity index (χ3n) is 4.13. The molecule has 2 aromatic rings. The van der Waals surface area contributed by atoms with Gasteiger partial charge >= 0.3 is 0 Å². The second-order valence-corrected chi connectivity index (χ2v) is 6.25. The zero-order valence-electron chi connectivity index (χ0n) is 12.1. The highest BCUT2D eigenvalue weighted by Gasteiger charge is 2.23. The number of nitrogens with two attached hydrogens (primary N) is 1. The molecule has 4 nitrogen and oxygen atoms in total. The first kappa shape index (κ1) is 14.6. The molecule has 1 aliphatic heterocycles. The first-order valence-corrected chi connectivity index (χ1v) is 7.68. The summed E-state index contributed by atoms with van der Waals surface area (Å²) in [5, 5.41) is 0.710. The van der Waals surface area contributed by atoms with Crippen molar-refractivity contribution in [1.29, 1.82) is 0 Å². The van der Waals surface area contributed by atoms with Gasteiger partial charge in [0.1, 0.15) is 6.26 Å². The van der Waals surface area contributed by atoms with E-state index in [2.05, 4.69) is 16.8 Å². The number of hydrogen-bond acceptors (Lipinski definition) is 4. The number of hydrogen-bond donors (Lipinski definition) is 1. The molecule has 2 N–H and O–H groups in total. The Morgan fingerprint density at radius 2 is 2.14 bits per heavy atom. The van der Waals surface area contributed by atoms with E-state index in [0.717, 1.165) is 37.3 Å². The lowest BCUT2D eigenvalue weighted by Gasteiger charge is -2.34. The number of nitrogens with zero attached hydrogens (tertiary/aromatic N) is 2. The Kier molecular flexibility index (Phi) is 4.29. The predicted molar refractivity (Wildman–Crippen MR) is 84.0 cm³/mol. The fourth-order valence-corrected chi connectivity index (χ4v) is 2.77. The van der Waals surface area contributed by atoms with Crippen LogP contribution in [0.1, 0.15) is 19.0 Å². The fourth-order valence-electron chi connectivity index (χ4n) is 2.65. The molecule has 0 aliphatic carbocycles. The molecule has 1 aliphatic rings. The number of likely N-dealkylation sites (tertiary alicyclic amines) is 1. The average molecular weight is 306 g/mol. The zero-order valence-corrected chi connectivity index (χ0v) is 12.9. The summed E-state index contributed by atoms with van der Waals surface area (Å²) in [6.45, 7) is 5.00. The van der Waals surface area contributed by atoms with Gasteiger partial charge in [0.2, 0.25) is 5.89 Å². The quantitative estimate of drug-likeness (QED) is 0.946. The van der Waals surface area contributed by atoms with Gasteiger partial charge in [0, 0.05) is 29.7 Å². The highest BCUT2D eigenvalue weighted by Crippen LogP contribution is 2.22. The summed E-state index contributed by atoms with van der Waals surface area (Å²) in [5.74, 6) is 1.24. The molecule has 112 valence electrons. The normalized spacial score (nSPS) is 23.4. The van der Waals surface area contributed by atoms with Gasteiger partial charge in [-0.2, -0.15) is 0 Å². The maximum absolute atomic E-state index is 6.13. The number of oxazole rings is 1. The van der Waals surface area contributed by atoms with Crippen LogP contribution >= 0.6 is 11.6 Å². The van der Waals surface area contributed by atoms with Gasteiger partial charge in [-0.1, -0.05) is 18.5 Å². The van der Waals surface area contributed by atoms with E-state index in [4.69, 9.17) is 21.8 Å². The minimum atomic E-state index is 0.251. The number of benzene rings is 1. The largest absolute Gasteiger partial charge is 0.444 e. The number of aromatic nitrogens is 1. The Balaban J connectivity index is 1.66. The fraction of sp³-hybridized carbons (Fsp3) is 0.438. The van der Waals surface area contributed by atoms with Crippen LogP contribution in [0.2, 0.25) is 5.02 Å². The SMILES string of the molecule is CC1CCN(Cc2coc(-c3ccc(Cl)cc3)n2)CC1N. The molecule has 3 rings (SSSR count). The molecular formula is C16H20ClN3O. The minimum Gasteiger partial charge on any atom is -0.444 e. The molecule has 0 radical (unpaired) electrons. The van der Waals surface area contributed by atoms with Crippen molar-refractivity contribution >= 4 is 11.6 Å². The lowest BCUT2D eigenvalue weighted by molar-refractivity contribution is 0.160. The number of halogens is 1. The third-order valence-corrected chi connectivity index (χ3v) is 4.38. The van der Waals surface area contributed by atoms with Crippen molar-refractivity contribution in [2.24, 2.45) is 11.7 Å². The highest BCUT2D eigenvalue weighted by molar-refractivity contribution is 6.30. The Morgan fingerprint density at radius 3 is 2.86 bits per heavy atom. The zero-order chi connectivity index (χ0) is 14.8. The van der Waals surface area contributed by atoms with Crippen molar-refractivity contribution in [2.75, 3.05) is 13.1 Å². The van der Waals surface area contributed by atoms with Gasteiger partial charge in [0.25, 0.3) is 0 Å². The van der Waals surface area contributed by atoms with Gasteiger partial charge in [0.15, 0.2) is 0 Å². The van der Waals surface area contributed by atoms with E-state index >= 15 is 0 Å². The molecule has 1 fully saturated rings. The summed E-state index contributed by atoms with van der Waals surface area (Å²) in [7, 11) is 0. The van der Waals surface area contributed by atoms with Gasteiger partial charge in [-0.15, -0.1) is 0 Å². The molecule has 21 heavy (non-hydrogen) atoms. The van der Waals surface area contributed by atoms with Crippen molar-refractivity contribution in [1.82, 2.24) is 9.88 Å². The Morgan fingerprint density at radius 1 is 1.38 bits per heavy atom. The van der Waals surface area contributed by atoms with Crippen LogP contribution in [0.15, 0.2) is 34.9 Å². The third kappa shape index (κ3) is 3.46. The van der Waals surface area contributed by atoms with Gasteiger partial charge in [-0.05, 0) is 43.1 Å². The molecular weight excluding hydrogens is 286 g/mol. The summed E-state index contributed by atoms with van der Waals surface area (Å²) in [6.07, 6.45) is 2.87. The van der Waals surface area contributed by atoms with Gasteiger partial charge < -0.3 is 10.2 Å². The maximum Gasteiger partial charge on any atom is 0.226 e. The maximum atomic E-state index is 6.13. The Bertz CT molecular complexity index is 596. The molecule has 5 heteroatoms. The smallest absolute Gasteiger partial charge is 0.226 e. The van der Waals surface area contributed by atoms with Crippen molar-refractivity contribution in [3.8, 4) is 11.5 Å². The first-order valence-electron chi connectivity index (χ1n) is 7.30. The summed E-state index contributed by atoms with van der Waals surface area (Å²) < 4.78 is 5.57. The van der Waals surface area contributed by atoms with Crippen molar-refractivity contribution in [2.45, 2.75) is 25.9 Å². The van der Waals surface area contributed by atoms with Crippen molar-refractivity contribution < 1.29 is 4.42 Å². The Labute approximate surface area is 129 Å². The standard InChI is InChI=1S/C16H20ClN3O/c1-11-6-7-20(9-15(11)18)8-14-10-21-16(19-14)12-2-4-13(17)5-3-12/h2-5,10-11,15H,6-9,18H2,1H3. The van der Waals surface area contributed by atoms with Crippen LogP contribution in [0.5, 0.6) is 0 Å². The second kappa shape index (κ2) is 6.18. The molecule has 0 spiro atoms. The summed E-state index contributed by atoms with van der Waals surface area (Å²) >= 11 is 5.89. The van der Waals surface area contributed by atoms with E-state index < -0.39 is 0 Å². The van der Waals surface area contributed by atoms with Gasteiger partial charge in [0.05, 0.1) is 5.69 Å². The summed E-state index contributed by atoms with van der Waals surface area (Å²) in [5.41, 5.74) is 8.02. The van der Waals surface area contributed by atoms with Crippen LogP contribution in [0.25, 0.3) is 11.5 Å². The van der Waals surface area contributed by atoms with Crippen LogP contribution in [-0.4, -0.2) is 29.0 Å². The van der Waals surface area contributed by atoms with Crippen molar-refractivity contribution in [3.63, 3.8) is 0 Å². The monoisotopic (exact) mass is 305 g/mol. The van der Waals surface area contributed by atoms with E-state index in [0.29, 0.717) is 16.8 Å². The van der Waals surface area contributed by atoms with E-state index in [1.807, 2.05) is 24.3 Å². The molecule has 2 atom stereocenters. The topological polar surface area (TPSA) is 55.3 Å². The number of piperidine rings is 1. The lowest BCUT2D eigenvalue weighted by atomic mass is 9.94. The molecule has 1 saturated heterocycles. The molecule has 0 saturated carbocycles. The van der Waals surface area contributed by atoms with E-state index in [1.54, 1.807) is 6.26 Å². The van der Waals surface area contributed by atoms with Crippen LogP contribution in [0.3, 0.4) is 0 Å². The summed E-state index contributed by atoms with van der Waals surface area (Å²) in [4.78, 5) is 6.90. The summed E-state index contributed by atoms with van der Waals surface area (Å²) in [6, 6.07) is 7.76. The van der Waals surface area contributed by atoms with Gasteiger partial charge in [-0.25, -0.2) is 4.98 Å². The first-order chi connectivity index (χ1) is 10.1. The molecule has 1 aromatic carbocycles. The Hall–Kier alpha value is -1.36. The molecule has 0 bridgehead atoms. The molecule has 0 amide bonds. The van der Waals surface area contributed by atoms with Crippen LogP contribution in [0.4, 0.5) is 0 Å². The van der Waals surface area contributed by atoms with E-state index in [9.17, 15) is 0 Å². The van der Waals surface area contributed by atoms with E-state index in [-0.39, 0.29) is 6.04 Å². The molecule has 1 aromatic heterocycles. The predicted octanol–water partition coefficient (Wildman–Crippen LogP) is 3.16. The van der Waals surface area contributed by atoms with Crippen molar-refractivity contribution in [3.05, 3.63) is 41.2 Å². The van der Waals surface area contributed by atoms with Crippen LogP contribution in [0, 0.1) is 5.92 Å². The minimum absolute atomic E-state index is 0.251. The van der Waals surface area contributed by atoms with Gasteiger partial charge in [-0.3, -0.25) is 4.90 Å². The average Bonchev–Trinajstić information content (AvgIpc) is 2.92.